The molecular formula is C24H25F2NO3. The molecule has 30 heavy (non-hydrogen) atoms. The van der Waals surface area contributed by atoms with Crippen molar-refractivity contribution in [3.05, 3.63) is 84.4 Å². The van der Waals surface area contributed by atoms with E-state index in [4.69, 9.17) is 4.74 Å². The molecule has 0 aliphatic carbocycles. The molecule has 0 heterocycles. The molecule has 3 aromatic rings. The number of ether oxygens (including phenoxy) is 2. The third-order valence-corrected chi connectivity index (χ3v) is 4.53. The van der Waals surface area contributed by atoms with Crippen molar-refractivity contribution in [1.82, 2.24) is 4.90 Å². The highest BCUT2D eigenvalue weighted by atomic mass is 19.3. The van der Waals surface area contributed by atoms with E-state index in [2.05, 4.69) is 16.9 Å². The Bertz CT molecular complexity index is 887. The zero-order chi connectivity index (χ0) is 21.3. The summed E-state index contributed by atoms with van der Waals surface area (Å²) in [6.45, 7) is -1.67. The summed E-state index contributed by atoms with van der Waals surface area (Å²) in [4.78, 5) is 1.94. The Morgan fingerprint density at radius 1 is 0.833 bits per heavy atom. The average molecular weight is 413 g/mol. The first-order chi connectivity index (χ1) is 14.5. The Morgan fingerprint density at radius 2 is 1.43 bits per heavy atom. The highest BCUT2D eigenvalue weighted by Gasteiger charge is 2.11. The summed E-state index contributed by atoms with van der Waals surface area (Å²) in [5.41, 5.74) is 3.18. The van der Waals surface area contributed by atoms with E-state index < -0.39 is 12.7 Å². The van der Waals surface area contributed by atoms with E-state index in [-0.39, 0.29) is 12.4 Å². The van der Waals surface area contributed by atoms with Crippen molar-refractivity contribution in [1.29, 1.82) is 0 Å². The second kappa shape index (κ2) is 10.7. The van der Waals surface area contributed by atoms with Crippen LogP contribution in [0.5, 0.6) is 11.5 Å². The summed E-state index contributed by atoms with van der Waals surface area (Å²) in [5.74, 6) is 0.828. The van der Waals surface area contributed by atoms with Gasteiger partial charge in [-0.25, -0.2) is 0 Å². The van der Waals surface area contributed by atoms with Crippen LogP contribution >= 0.6 is 0 Å². The Labute approximate surface area is 175 Å². The molecule has 3 rings (SSSR count). The maximum absolute atomic E-state index is 12.2. The zero-order valence-corrected chi connectivity index (χ0v) is 16.7. The van der Waals surface area contributed by atoms with E-state index in [1.54, 1.807) is 12.1 Å². The minimum atomic E-state index is -2.83. The lowest BCUT2D eigenvalue weighted by Gasteiger charge is -2.21. The van der Waals surface area contributed by atoms with Crippen LogP contribution in [0.4, 0.5) is 8.78 Å². The quantitative estimate of drug-likeness (QED) is 0.517. The van der Waals surface area contributed by atoms with E-state index >= 15 is 0 Å². The van der Waals surface area contributed by atoms with E-state index in [9.17, 15) is 13.9 Å². The Balaban J connectivity index is 1.43. The van der Waals surface area contributed by atoms with Crippen molar-refractivity contribution in [2.75, 3.05) is 20.2 Å². The van der Waals surface area contributed by atoms with Gasteiger partial charge in [0.05, 0.1) is 0 Å². The van der Waals surface area contributed by atoms with Crippen LogP contribution in [0.3, 0.4) is 0 Å². The smallest absolute Gasteiger partial charge is 0.387 e. The van der Waals surface area contributed by atoms with Gasteiger partial charge in [-0.1, -0.05) is 54.6 Å². The van der Waals surface area contributed by atoms with Gasteiger partial charge in [0.1, 0.15) is 24.2 Å². The van der Waals surface area contributed by atoms with Gasteiger partial charge in [0.25, 0.3) is 0 Å². The van der Waals surface area contributed by atoms with Gasteiger partial charge in [-0.2, -0.15) is 8.78 Å². The van der Waals surface area contributed by atoms with Crippen molar-refractivity contribution in [3.8, 4) is 22.6 Å². The molecule has 0 bridgehead atoms. The van der Waals surface area contributed by atoms with Gasteiger partial charge >= 0.3 is 6.61 Å². The van der Waals surface area contributed by atoms with Crippen LogP contribution in [-0.2, 0) is 6.54 Å². The van der Waals surface area contributed by atoms with Crippen LogP contribution < -0.4 is 9.47 Å². The number of aliphatic hydroxyl groups excluding tert-OH is 1. The number of halogens is 2. The number of hydrogen-bond donors (Lipinski definition) is 1. The van der Waals surface area contributed by atoms with Gasteiger partial charge in [0.2, 0.25) is 0 Å². The number of aliphatic hydroxyl groups is 1. The molecule has 1 atom stereocenters. The first kappa shape index (κ1) is 21.7. The predicted octanol–water partition coefficient (Wildman–Crippen LogP) is 4.83. The molecule has 1 unspecified atom stereocenters. The van der Waals surface area contributed by atoms with Crippen LogP contribution in [0.2, 0.25) is 0 Å². The van der Waals surface area contributed by atoms with Gasteiger partial charge in [-0.05, 0) is 48.0 Å². The maximum atomic E-state index is 12.2. The highest BCUT2D eigenvalue weighted by Crippen LogP contribution is 2.22. The largest absolute Gasteiger partial charge is 0.491 e. The lowest BCUT2D eigenvalue weighted by Crippen LogP contribution is -2.32. The van der Waals surface area contributed by atoms with Crippen LogP contribution in [-0.4, -0.2) is 42.9 Å². The first-order valence-electron chi connectivity index (χ1n) is 9.68. The first-order valence-corrected chi connectivity index (χ1v) is 9.68. The summed E-state index contributed by atoms with van der Waals surface area (Å²) in [5, 5.41) is 10.3. The average Bonchev–Trinajstić information content (AvgIpc) is 2.74. The standard InChI is InChI=1S/C24H25F2NO3/c1-27(15-18-7-11-23(12-8-18)30-24(25)26)16-21(28)17-29-22-13-9-20(10-14-22)19-5-3-2-4-6-19/h2-14,21,24,28H,15-17H2,1H3. The van der Waals surface area contributed by atoms with Crippen LogP contribution in [0.25, 0.3) is 11.1 Å². The summed E-state index contributed by atoms with van der Waals surface area (Å²) in [6, 6.07) is 24.3. The zero-order valence-electron chi connectivity index (χ0n) is 16.7. The SMILES string of the molecule is CN(Cc1ccc(OC(F)F)cc1)CC(O)COc1ccc(-c2ccccc2)cc1. The number of benzene rings is 3. The lowest BCUT2D eigenvalue weighted by molar-refractivity contribution is -0.0498. The third-order valence-electron chi connectivity index (χ3n) is 4.53. The Kier molecular flexibility index (Phi) is 7.76. The molecule has 0 amide bonds. The van der Waals surface area contributed by atoms with Gasteiger partial charge < -0.3 is 14.6 Å². The molecule has 0 aliphatic rings. The molecule has 3 aromatic carbocycles. The third kappa shape index (κ3) is 6.83. The van der Waals surface area contributed by atoms with E-state index in [0.717, 1.165) is 16.7 Å². The fourth-order valence-corrected chi connectivity index (χ4v) is 3.13. The minimum absolute atomic E-state index is 0.128. The molecule has 158 valence electrons. The number of likely N-dealkylation sites (N-methyl/N-ethyl adjacent to an activating group) is 1. The van der Waals surface area contributed by atoms with Gasteiger partial charge in [-0.3, -0.25) is 4.90 Å². The van der Waals surface area contributed by atoms with Crippen molar-refractivity contribution >= 4 is 0 Å². The normalized spacial score (nSPS) is 12.2. The maximum Gasteiger partial charge on any atom is 0.387 e. The fourth-order valence-electron chi connectivity index (χ4n) is 3.13. The van der Waals surface area contributed by atoms with Gasteiger partial charge in [0.15, 0.2) is 0 Å². The summed E-state index contributed by atoms with van der Waals surface area (Å²) >= 11 is 0. The van der Waals surface area contributed by atoms with E-state index in [0.29, 0.717) is 18.8 Å². The molecule has 0 saturated heterocycles. The van der Waals surface area contributed by atoms with Crippen LogP contribution in [0.1, 0.15) is 5.56 Å². The van der Waals surface area contributed by atoms with Gasteiger partial charge in [0, 0.05) is 13.1 Å². The summed E-state index contributed by atoms with van der Waals surface area (Å²) in [7, 11) is 1.88. The summed E-state index contributed by atoms with van der Waals surface area (Å²) in [6.07, 6.45) is -0.662. The Morgan fingerprint density at radius 3 is 2.07 bits per heavy atom. The van der Waals surface area contributed by atoms with E-state index in [1.807, 2.05) is 54.4 Å². The molecule has 0 radical (unpaired) electrons. The molecule has 6 heteroatoms. The van der Waals surface area contributed by atoms with Crippen LogP contribution in [0, 0.1) is 0 Å². The molecule has 0 spiro atoms. The number of hydrogen-bond acceptors (Lipinski definition) is 4. The van der Waals surface area contributed by atoms with Crippen molar-refractivity contribution in [3.63, 3.8) is 0 Å². The second-order valence-electron chi connectivity index (χ2n) is 7.07. The molecule has 0 aliphatic heterocycles. The van der Waals surface area contributed by atoms with Crippen molar-refractivity contribution < 1.29 is 23.4 Å². The van der Waals surface area contributed by atoms with Crippen molar-refractivity contribution in [2.24, 2.45) is 0 Å². The summed E-state index contributed by atoms with van der Waals surface area (Å²) < 4.78 is 34.4. The lowest BCUT2D eigenvalue weighted by atomic mass is 10.1. The molecule has 1 N–H and O–H groups in total. The number of rotatable bonds is 10. The number of nitrogens with zero attached hydrogens (tertiary/aromatic N) is 1. The number of alkyl halides is 2. The minimum Gasteiger partial charge on any atom is -0.491 e. The van der Waals surface area contributed by atoms with E-state index in [1.165, 1.54) is 12.1 Å². The molecule has 0 aromatic heterocycles. The van der Waals surface area contributed by atoms with Crippen molar-refractivity contribution in [2.45, 2.75) is 19.3 Å². The second-order valence-corrected chi connectivity index (χ2v) is 7.07. The monoisotopic (exact) mass is 413 g/mol. The topological polar surface area (TPSA) is 41.9 Å². The molecule has 0 fully saturated rings. The van der Waals surface area contributed by atoms with Gasteiger partial charge in [-0.15, -0.1) is 0 Å². The fraction of sp³-hybridized carbons (Fsp3) is 0.250. The molecule has 0 saturated carbocycles. The molecule has 4 nitrogen and oxygen atoms in total. The Hall–Kier alpha value is -2.96. The highest BCUT2D eigenvalue weighted by molar-refractivity contribution is 5.63. The molecular weight excluding hydrogens is 388 g/mol. The predicted molar refractivity (Wildman–Crippen MR) is 113 cm³/mol. The van der Waals surface area contributed by atoms with Crippen LogP contribution in [0.15, 0.2) is 78.9 Å².